The number of carbonyl (C=O) groups is 3. The second kappa shape index (κ2) is 55.4. The summed E-state index contributed by atoms with van der Waals surface area (Å²) in [6.45, 7) is 6.49. The second-order valence-corrected chi connectivity index (χ2v) is 18.8. The molecule has 0 saturated carbocycles. The van der Waals surface area contributed by atoms with Gasteiger partial charge in [0.05, 0.1) is 0 Å². The summed E-state index contributed by atoms with van der Waals surface area (Å²) >= 11 is 0. The van der Waals surface area contributed by atoms with Crippen LogP contribution in [0, 0.1) is 0 Å². The Morgan fingerprint density at radius 1 is 0.313 bits per heavy atom. The summed E-state index contributed by atoms with van der Waals surface area (Å²) in [6, 6.07) is 0. The molecule has 6 nitrogen and oxygen atoms in total. The number of hydrogen-bond donors (Lipinski definition) is 0. The highest BCUT2D eigenvalue weighted by Crippen LogP contribution is 2.16. The van der Waals surface area contributed by atoms with Gasteiger partial charge >= 0.3 is 17.9 Å². The Morgan fingerprint density at radius 3 is 0.910 bits per heavy atom. The zero-order chi connectivity index (χ0) is 48.6. The van der Waals surface area contributed by atoms with Gasteiger partial charge in [0.1, 0.15) is 13.2 Å². The van der Waals surface area contributed by atoms with Crippen molar-refractivity contribution in [3.63, 3.8) is 0 Å². The lowest BCUT2D eigenvalue weighted by atomic mass is 10.0. The van der Waals surface area contributed by atoms with Gasteiger partial charge in [-0.05, 0) is 57.8 Å². The molecule has 0 fully saturated rings. The van der Waals surface area contributed by atoms with Crippen molar-refractivity contribution in [1.29, 1.82) is 0 Å². The molecule has 0 N–H and O–H groups in total. The first-order chi connectivity index (χ1) is 33.0. The van der Waals surface area contributed by atoms with Crippen LogP contribution in [0.2, 0.25) is 0 Å². The van der Waals surface area contributed by atoms with Crippen molar-refractivity contribution in [1.82, 2.24) is 0 Å². The lowest BCUT2D eigenvalue weighted by Crippen LogP contribution is -2.30. The van der Waals surface area contributed by atoms with Crippen LogP contribution in [0.4, 0.5) is 0 Å². The summed E-state index contributed by atoms with van der Waals surface area (Å²) in [7, 11) is 0. The number of unbranched alkanes of at least 4 members (excludes halogenated alkanes) is 28. The summed E-state index contributed by atoms with van der Waals surface area (Å²) in [4.78, 5) is 38.1. The van der Waals surface area contributed by atoms with Crippen molar-refractivity contribution in [2.75, 3.05) is 13.2 Å². The Balaban J connectivity index is 4.46. The van der Waals surface area contributed by atoms with E-state index in [2.05, 4.69) is 87.6 Å². The van der Waals surface area contributed by atoms with Crippen LogP contribution in [0.1, 0.15) is 278 Å². The molecule has 0 radical (unpaired) electrons. The van der Waals surface area contributed by atoms with Crippen LogP contribution in [-0.2, 0) is 28.6 Å². The predicted molar refractivity (Wildman–Crippen MR) is 288 cm³/mol. The van der Waals surface area contributed by atoms with Crippen LogP contribution in [-0.4, -0.2) is 37.2 Å². The SMILES string of the molecule is CC/C=C/C/C=C/C/C=C/C/C=C/C/C=C/C/C=C/CCC(=O)OC[C@@H](COC(=O)CCCCCCCCCCCCCCCCC)OC(=O)CCCCCCCCCCCCCCCCC. The van der Waals surface area contributed by atoms with Crippen molar-refractivity contribution in [3.8, 4) is 0 Å². The molecule has 6 heteroatoms. The standard InChI is InChI=1S/C61H106O6/c1-4-7-10-13-16-19-22-25-28-29-30-31-34-36-39-42-45-48-51-54-60(63)66-57-58(67-61(64)55-52-49-46-43-40-37-33-27-24-21-18-15-12-9-6-3)56-65-59(62)53-50-47-44-41-38-35-32-26-23-20-17-14-11-8-5-2/h7,10,16,19,25,28,30-31,36,39,45,48,58H,4-6,8-9,11-15,17-18,20-24,26-27,29,32-35,37-38,40-44,46-47,49-57H2,1-3H3/b10-7+,19-16+,28-25+,31-30+,39-36+,48-45+/t58-/m1/s1. The number of hydrogen-bond acceptors (Lipinski definition) is 6. The molecule has 0 unspecified atom stereocenters. The Morgan fingerprint density at radius 2 is 0.582 bits per heavy atom. The van der Waals surface area contributed by atoms with Gasteiger partial charge in [0.15, 0.2) is 6.10 Å². The third kappa shape index (κ3) is 53.7. The van der Waals surface area contributed by atoms with Crippen LogP contribution in [0.3, 0.4) is 0 Å². The maximum atomic E-state index is 12.8. The van der Waals surface area contributed by atoms with Gasteiger partial charge in [0, 0.05) is 19.3 Å². The number of rotatable bonds is 51. The van der Waals surface area contributed by atoms with Crippen molar-refractivity contribution in [2.24, 2.45) is 0 Å². The van der Waals surface area contributed by atoms with E-state index in [1.807, 2.05) is 6.08 Å². The predicted octanol–water partition coefficient (Wildman–Crippen LogP) is 19.0. The molecule has 0 aliphatic heterocycles. The monoisotopic (exact) mass is 935 g/mol. The number of ether oxygens (including phenoxy) is 3. The van der Waals surface area contributed by atoms with Gasteiger partial charge in [-0.15, -0.1) is 0 Å². The van der Waals surface area contributed by atoms with E-state index >= 15 is 0 Å². The zero-order valence-electron chi connectivity index (χ0n) is 44.2. The van der Waals surface area contributed by atoms with Gasteiger partial charge in [-0.25, -0.2) is 0 Å². The number of allylic oxidation sites excluding steroid dienone is 12. The van der Waals surface area contributed by atoms with Crippen LogP contribution < -0.4 is 0 Å². The highest BCUT2D eigenvalue weighted by atomic mass is 16.6. The van der Waals surface area contributed by atoms with Crippen LogP contribution in [0.15, 0.2) is 72.9 Å². The lowest BCUT2D eigenvalue weighted by Gasteiger charge is -2.18. The summed E-state index contributed by atoms with van der Waals surface area (Å²) in [5.41, 5.74) is 0. The first-order valence-corrected chi connectivity index (χ1v) is 28.4. The molecule has 0 saturated heterocycles. The molecule has 0 rings (SSSR count). The van der Waals surface area contributed by atoms with Gasteiger partial charge in [-0.3, -0.25) is 14.4 Å². The minimum Gasteiger partial charge on any atom is -0.462 e. The fourth-order valence-electron chi connectivity index (χ4n) is 8.00. The normalized spacial score (nSPS) is 12.6. The van der Waals surface area contributed by atoms with E-state index in [1.165, 1.54) is 154 Å². The Labute approximate surface area is 414 Å². The molecule has 67 heavy (non-hydrogen) atoms. The molecule has 1 atom stereocenters. The van der Waals surface area contributed by atoms with E-state index in [4.69, 9.17) is 14.2 Å². The van der Waals surface area contributed by atoms with Crippen LogP contribution >= 0.6 is 0 Å². The largest absolute Gasteiger partial charge is 0.462 e. The van der Waals surface area contributed by atoms with E-state index in [0.29, 0.717) is 19.3 Å². The second-order valence-electron chi connectivity index (χ2n) is 18.8. The fourth-order valence-corrected chi connectivity index (χ4v) is 8.00. The Bertz CT molecular complexity index is 1260. The quantitative estimate of drug-likeness (QED) is 0.0262. The van der Waals surface area contributed by atoms with E-state index in [0.717, 1.165) is 77.0 Å². The molecule has 0 aliphatic rings. The zero-order valence-corrected chi connectivity index (χ0v) is 44.2. The van der Waals surface area contributed by atoms with Crippen molar-refractivity contribution in [2.45, 2.75) is 284 Å². The van der Waals surface area contributed by atoms with Gasteiger partial charge in [-0.1, -0.05) is 273 Å². The average Bonchev–Trinajstić information content (AvgIpc) is 3.33. The first kappa shape index (κ1) is 63.8. The molecular formula is C61H106O6. The van der Waals surface area contributed by atoms with E-state index in [-0.39, 0.29) is 37.5 Å². The third-order valence-corrected chi connectivity index (χ3v) is 12.2. The summed E-state index contributed by atoms with van der Waals surface area (Å²) in [5, 5.41) is 0. The summed E-state index contributed by atoms with van der Waals surface area (Å²) < 4.78 is 16.8. The molecule has 0 bridgehead atoms. The smallest absolute Gasteiger partial charge is 0.306 e. The Kier molecular flexibility index (Phi) is 52.8. The minimum atomic E-state index is -0.802. The summed E-state index contributed by atoms with van der Waals surface area (Å²) in [5.74, 6) is -0.971. The maximum absolute atomic E-state index is 12.8. The van der Waals surface area contributed by atoms with E-state index < -0.39 is 6.10 Å². The molecule has 0 amide bonds. The van der Waals surface area contributed by atoms with Crippen LogP contribution in [0.5, 0.6) is 0 Å². The van der Waals surface area contributed by atoms with Gasteiger partial charge < -0.3 is 14.2 Å². The molecule has 0 aromatic rings. The molecule has 0 heterocycles. The van der Waals surface area contributed by atoms with Gasteiger partial charge in [0.25, 0.3) is 0 Å². The van der Waals surface area contributed by atoms with Gasteiger partial charge in [-0.2, -0.15) is 0 Å². The molecule has 386 valence electrons. The first-order valence-electron chi connectivity index (χ1n) is 28.4. The molecule has 0 aliphatic carbocycles. The van der Waals surface area contributed by atoms with Crippen molar-refractivity contribution in [3.05, 3.63) is 72.9 Å². The topological polar surface area (TPSA) is 78.9 Å². The molecule has 0 aromatic heterocycles. The van der Waals surface area contributed by atoms with Crippen molar-refractivity contribution < 1.29 is 28.6 Å². The van der Waals surface area contributed by atoms with Crippen molar-refractivity contribution >= 4 is 17.9 Å². The molecule has 0 aromatic carbocycles. The van der Waals surface area contributed by atoms with Gasteiger partial charge in [0.2, 0.25) is 0 Å². The average molecular weight is 936 g/mol. The maximum Gasteiger partial charge on any atom is 0.306 e. The van der Waals surface area contributed by atoms with E-state index in [1.54, 1.807) is 0 Å². The van der Waals surface area contributed by atoms with E-state index in [9.17, 15) is 14.4 Å². The molecule has 0 spiro atoms. The third-order valence-electron chi connectivity index (χ3n) is 12.2. The fraction of sp³-hybridized carbons (Fsp3) is 0.754. The highest BCUT2D eigenvalue weighted by molar-refractivity contribution is 5.71. The Hall–Kier alpha value is -3.15. The number of carbonyl (C=O) groups excluding carboxylic acids is 3. The number of esters is 3. The highest BCUT2D eigenvalue weighted by Gasteiger charge is 2.19. The summed E-state index contributed by atoms with van der Waals surface area (Å²) in [6.07, 6.45) is 70.4. The molecular weight excluding hydrogens is 829 g/mol. The van der Waals surface area contributed by atoms with Crippen LogP contribution in [0.25, 0.3) is 0 Å². The lowest BCUT2D eigenvalue weighted by molar-refractivity contribution is -0.166. The minimum absolute atomic E-state index is 0.0946.